The summed E-state index contributed by atoms with van der Waals surface area (Å²) < 4.78 is 56.4. The Hall–Kier alpha value is -1.25. The number of halogens is 2. The summed E-state index contributed by atoms with van der Waals surface area (Å²) in [5, 5.41) is 4.76. The second kappa shape index (κ2) is 6.62. The zero-order chi connectivity index (χ0) is 13.6. The first-order chi connectivity index (χ1) is 8.38. The average Bonchev–Trinajstić information content (AvgIpc) is 2.26. The lowest BCUT2D eigenvalue weighted by Gasteiger charge is -2.07. The Morgan fingerprint density at radius 3 is 2.44 bits per heavy atom. The number of nitrogens with two attached hydrogens (primary N) is 1. The van der Waals surface area contributed by atoms with E-state index in [1.54, 1.807) is 0 Å². The minimum atomic E-state index is -3.53. The molecule has 0 saturated carbocycles. The molecule has 0 aliphatic carbocycles. The third kappa shape index (κ3) is 5.89. The molecule has 5 nitrogen and oxygen atoms in total. The Morgan fingerprint density at radius 1 is 1.11 bits per heavy atom. The van der Waals surface area contributed by atoms with Gasteiger partial charge in [0.2, 0.25) is 10.0 Å². The van der Waals surface area contributed by atoms with Gasteiger partial charge in [-0.1, -0.05) is 0 Å². The van der Waals surface area contributed by atoms with Crippen molar-refractivity contribution in [2.24, 2.45) is 5.14 Å². The molecule has 1 aromatic rings. The van der Waals surface area contributed by atoms with Crippen molar-refractivity contribution in [2.75, 3.05) is 25.6 Å². The first-order valence-corrected chi connectivity index (χ1v) is 6.76. The van der Waals surface area contributed by atoms with Gasteiger partial charge in [-0.15, -0.1) is 0 Å². The third-order valence-electron chi connectivity index (χ3n) is 1.90. The second-order valence-corrected chi connectivity index (χ2v) is 5.14. The molecule has 0 radical (unpaired) electrons. The minimum absolute atomic E-state index is 0.0417. The van der Waals surface area contributed by atoms with Crippen molar-refractivity contribution < 1.29 is 26.7 Å². The van der Waals surface area contributed by atoms with E-state index in [2.05, 4.69) is 0 Å². The third-order valence-corrected chi connectivity index (χ3v) is 2.64. The maximum Gasteiger partial charge on any atom is 0.211 e. The monoisotopic (exact) mass is 281 g/mol. The molecule has 2 N–H and O–H groups in total. The number of hydrogen-bond donors (Lipinski definition) is 1. The molecule has 0 aromatic heterocycles. The van der Waals surface area contributed by atoms with E-state index in [9.17, 15) is 17.2 Å². The fraction of sp³-hybridized carbons (Fsp3) is 0.400. The molecule has 0 amide bonds. The number of hydrogen-bond acceptors (Lipinski definition) is 4. The van der Waals surface area contributed by atoms with E-state index in [4.69, 9.17) is 14.6 Å². The van der Waals surface area contributed by atoms with E-state index >= 15 is 0 Å². The zero-order valence-electron chi connectivity index (χ0n) is 9.43. The largest absolute Gasteiger partial charge is 0.491 e. The van der Waals surface area contributed by atoms with Gasteiger partial charge < -0.3 is 9.47 Å². The Bertz CT molecular complexity index is 493. The van der Waals surface area contributed by atoms with Crippen LogP contribution in [-0.2, 0) is 14.8 Å². The van der Waals surface area contributed by atoms with Gasteiger partial charge in [-0.05, 0) is 12.1 Å². The van der Waals surface area contributed by atoms with Crippen LogP contribution in [0.4, 0.5) is 8.78 Å². The van der Waals surface area contributed by atoms with Crippen molar-refractivity contribution in [2.45, 2.75) is 0 Å². The Balaban J connectivity index is 2.20. The van der Waals surface area contributed by atoms with Crippen molar-refractivity contribution in [3.63, 3.8) is 0 Å². The van der Waals surface area contributed by atoms with Crippen LogP contribution in [0.2, 0.25) is 0 Å². The number of rotatable bonds is 7. The summed E-state index contributed by atoms with van der Waals surface area (Å²) in [7, 11) is -3.53. The summed E-state index contributed by atoms with van der Waals surface area (Å²) in [6.07, 6.45) is 0. The van der Waals surface area contributed by atoms with Crippen molar-refractivity contribution in [3.05, 3.63) is 29.8 Å². The fourth-order valence-corrected chi connectivity index (χ4v) is 1.41. The molecule has 0 saturated heterocycles. The van der Waals surface area contributed by atoms with Gasteiger partial charge in [-0.25, -0.2) is 22.3 Å². The molecule has 0 fully saturated rings. The Kier molecular flexibility index (Phi) is 5.45. The average molecular weight is 281 g/mol. The minimum Gasteiger partial charge on any atom is -0.491 e. The van der Waals surface area contributed by atoms with E-state index in [1.807, 2.05) is 0 Å². The standard InChI is InChI=1S/C10H13F2NO4S/c11-9-2-1-8(7-10(9)12)17-4-3-16-5-6-18(13,14)15/h1-2,7H,3-6H2,(H2,13,14,15). The van der Waals surface area contributed by atoms with Gasteiger partial charge in [0.15, 0.2) is 11.6 Å². The lowest BCUT2D eigenvalue weighted by molar-refractivity contribution is 0.111. The summed E-state index contributed by atoms with van der Waals surface area (Å²) in [5.74, 6) is -2.06. The van der Waals surface area contributed by atoms with Gasteiger partial charge in [0.1, 0.15) is 12.4 Å². The van der Waals surface area contributed by atoms with Gasteiger partial charge in [0, 0.05) is 6.07 Å². The predicted molar refractivity (Wildman–Crippen MR) is 60.6 cm³/mol. The second-order valence-electron chi connectivity index (χ2n) is 3.40. The lowest BCUT2D eigenvalue weighted by Crippen LogP contribution is -2.21. The fourth-order valence-electron chi connectivity index (χ4n) is 1.06. The van der Waals surface area contributed by atoms with Crippen molar-refractivity contribution in [3.8, 4) is 5.75 Å². The van der Waals surface area contributed by atoms with Crippen molar-refractivity contribution >= 4 is 10.0 Å². The molecule has 1 aromatic carbocycles. The molecule has 1 rings (SSSR count). The summed E-state index contributed by atoms with van der Waals surface area (Å²) in [4.78, 5) is 0. The molecule has 102 valence electrons. The molecule has 0 aliphatic heterocycles. The highest BCUT2D eigenvalue weighted by molar-refractivity contribution is 7.89. The van der Waals surface area contributed by atoms with Crippen LogP contribution in [-0.4, -0.2) is 34.0 Å². The Morgan fingerprint density at radius 2 is 1.83 bits per heavy atom. The van der Waals surface area contributed by atoms with Crippen LogP contribution in [0.5, 0.6) is 5.75 Å². The normalized spacial score (nSPS) is 11.5. The van der Waals surface area contributed by atoms with Crippen molar-refractivity contribution in [1.29, 1.82) is 0 Å². The molecule has 0 aliphatic rings. The summed E-state index contributed by atoms with van der Waals surface area (Å²) in [5.41, 5.74) is 0. The summed E-state index contributed by atoms with van der Waals surface area (Å²) in [6, 6.07) is 3.15. The lowest BCUT2D eigenvalue weighted by atomic mass is 10.3. The maximum atomic E-state index is 12.8. The molecular formula is C10H13F2NO4S. The van der Waals surface area contributed by atoms with E-state index in [1.165, 1.54) is 6.07 Å². The van der Waals surface area contributed by atoms with E-state index in [-0.39, 0.29) is 31.3 Å². The van der Waals surface area contributed by atoms with Crippen LogP contribution in [0.25, 0.3) is 0 Å². The molecule has 18 heavy (non-hydrogen) atoms. The highest BCUT2D eigenvalue weighted by Gasteiger charge is 2.04. The molecule has 0 heterocycles. The number of sulfonamides is 1. The molecule has 0 spiro atoms. The van der Waals surface area contributed by atoms with Gasteiger partial charge in [0.05, 0.1) is 19.0 Å². The van der Waals surface area contributed by atoms with Gasteiger partial charge in [-0.3, -0.25) is 0 Å². The van der Waals surface area contributed by atoms with Crippen LogP contribution in [0.15, 0.2) is 18.2 Å². The van der Waals surface area contributed by atoms with Crippen molar-refractivity contribution in [1.82, 2.24) is 0 Å². The van der Waals surface area contributed by atoms with Crippen LogP contribution >= 0.6 is 0 Å². The quantitative estimate of drug-likeness (QED) is 0.744. The molecule has 0 bridgehead atoms. The topological polar surface area (TPSA) is 78.6 Å². The smallest absolute Gasteiger partial charge is 0.211 e. The van der Waals surface area contributed by atoms with Gasteiger partial charge in [0.25, 0.3) is 0 Å². The summed E-state index contributed by atoms with van der Waals surface area (Å²) >= 11 is 0. The van der Waals surface area contributed by atoms with E-state index in [0.717, 1.165) is 12.1 Å². The van der Waals surface area contributed by atoms with E-state index in [0.29, 0.717) is 0 Å². The molecule has 0 atom stereocenters. The number of benzene rings is 1. The van der Waals surface area contributed by atoms with Gasteiger partial charge in [-0.2, -0.15) is 0 Å². The zero-order valence-corrected chi connectivity index (χ0v) is 10.3. The highest BCUT2D eigenvalue weighted by atomic mass is 32.2. The van der Waals surface area contributed by atoms with Crippen LogP contribution in [0.1, 0.15) is 0 Å². The maximum absolute atomic E-state index is 12.8. The van der Waals surface area contributed by atoms with Crippen LogP contribution in [0, 0.1) is 11.6 Å². The van der Waals surface area contributed by atoms with Crippen LogP contribution in [0.3, 0.4) is 0 Å². The SMILES string of the molecule is NS(=O)(=O)CCOCCOc1ccc(F)c(F)c1. The number of primary sulfonamides is 1. The molecule has 8 heteroatoms. The van der Waals surface area contributed by atoms with E-state index < -0.39 is 21.7 Å². The summed E-state index contributed by atoms with van der Waals surface area (Å²) in [6.45, 7) is 0.171. The predicted octanol–water partition coefficient (Wildman–Crippen LogP) is 0.649. The highest BCUT2D eigenvalue weighted by Crippen LogP contribution is 2.14. The Labute approximate surface area is 104 Å². The van der Waals surface area contributed by atoms with Gasteiger partial charge >= 0.3 is 0 Å². The number of ether oxygens (including phenoxy) is 2. The molecule has 0 unspecified atom stereocenters. The first-order valence-electron chi connectivity index (χ1n) is 5.04. The first kappa shape index (κ1) is 14.8. The molecular weight excluding hydrogens is 268 g/mol. The van der Waals surface area contributed by atoms with Crippen LogP contribution < -0.4 is 9.88 Å².